The van der Waals surface area contributed by atoms with E-state index in [0.29, 0.717) is 24.7 Å². The molecule has 4 nitrogen and oxygen atoms in total. The van der Waals surface area contributed by atoms with Crippen LogP contribution in [0.2, 0.25) is 5.02 Å². The molecule has 0 aromatic heterocycles. The van der Waals surface area contributed by atoms with Gasteiger partial charge in [-0.2, -0.15) is 13.2 Å². The number of halogens is 6. The van der Waals surface area contributed by atoms with Crippen LogP contribution < -0.4 is 14.4 Å². The van der Waals surface area contributed by atoms with E-state index in [1.165, 1.54) is 6.07 Å². The second-order valence-corrected chi connectivity index (χ2v) is 7.88. The Labute approximate surface area is 184 Å². The van der Waals surface area contributed by atoms with Crippen LogP contribution in [0.25, 0.3) is 0 Å². The lowest BCUT2D eigenvalue weighted by molar-refractivity contribution is -0.139. The lowest BCUT2D eigenvalue weighted by atomic mass is 10.1. The maximum Gasteiger partial charge on any atom is 0.419 e. The first-order valence-corrected chi connectivity index (χ1v) is 10.8. The maximum atomic E-state index is 14.3. The number of hydrogen-bond donors (Lipinski definition) is 1. The van der Waals surface area contributed by atoms with Gasteiger partial charge in [-0.25, -0.2) is 8.78 Å². The van der Waals surface area contributed by atoms with Gasteiger partial charge in [0, 0.05) is 24.6 Å². The predicted octanol–water partition coefficient (Wildman–Crippen LogP) is 5.69. The third-order valence-electron chi connectivity index (χ3n) is 4.86. The Hall–Kier alpha value is -2.20. The van der Waals surface area contributed by atoms with Gasteiger partial charge in [-0.3, -0.25) is 9.52 Å². The molecule has 0 spiro atoms. The van der Waals surface area contributed by atoms with Gasteiger partial charge in [0.15, 0.2) is 0 Å². The summed E-state index contributed by atoms with van der Waals surface area (Å²) in [4.78, 5) is 13.6. The first kappa shape index (κ1) is 23.5. The van der Waals surface area contributed by atoms with Crippen molar-refractivity contribution in [2.24, 2.45) is 0 Å². The molecule has 2 aromatic carbocycles. The van der Waals surface area contributed by atoms with Gasteiger partial charge >= 0.3 is 6.18 Å². The number of rotatable bonds is 6. The zero-order valence-electron chi connectivity index (χ0n) is 16.2. The molecule has 1 atom stereocenters. The van der Waals surface area contributed by atoms with Crippen molar-refractivity contribution < 1.29 is 31.5 Å². The molecule has 0 radical (unpaired) electrons. The van der Waals surface area contributed by atoms with Crippen LogP contribution in [0.5, 0.6) is 5.75 Å². The smallest absolute Gasteiger partial charge is 0.419 e. The van der Waals surface area contributed by atoms with Gasteiger partial charge in [-0.15, -0.1) is 0 Å². The monoisotopic (exact) mass is 480 g/mol. The molecule has 11 heteroatoms. The normalized spacial score (nSPS) is 16.5. The molecule has 168 valence electrons. The Kier molecular flexibility index (Phi) is 7.20. The zero-order valence-corrected chi connectivity index (χ0v) is 17.8. The van der Waals surface area contributed by atoms with E-state index < -0.39 is 29.3 Å². The van der Waals surface area contributed by atoms with E-state index in [1.54, 1.807) is 11.2 Å². The van der Waals surface area contributed by atoms with Crippen molar-refractivity contribution in [2.75, 3.05) is 24.3 Å². The van der Waals surface area contributed by atoms with Crippen molar-refractivity contribution >= 4 is 35.1 Å². The predicted molar refractivity (Wildman–Crippen MR) is 110 cm³/mol. The highest BCUT2D eigenvalue weighted by atomic mass is 35.5. The second-order valence-electron chi connectivity index (χ2n) is 6.86. The van der Waals surface area contributed by atoms with E-state index >= 15 is 0 Å². The molecule has 1 heterocycles. The van der Waals surface area contributed by atoms with Crippen LogP contribution in [-0.2, 0) is 6.18 Å². The first-order chi connectivity index (χ1) is 14.6. The molecular weight excluding hydrogens is 463 g/mol. The van der Waals surface area contributed by atoms with Crippen molar-refractivity contribution in [1.82, 2.24) is 4.72 Å². The van der Waals surface area contributed by atoms with E-state index in [0.717, 1.165) is 36.6 Å². The summed E-state index contributed by atoms with van der Waals surface area (Å²) in [6, 6.07) is 4.69. The van der Waals surface area contributed by atoms with Gasteiger partial charge in [0.1, 0.15) is 24.0 Å². The molecule has 0 bridgehead atoms. The van der Waals surface area contributed by atoms with Gasteiger partial charge in [0.2, 0.25) is 0 Å². The lowest BCUT2D eigenvalue weighted by Crippen LogP contribution is -2.34. The Morgan fingerprint density at radius 3 is 2.65 bits per heavy atom. The fourth-order valence-electron chi connectivity index (χ4n) is 3.41. The SMILES string of the molecule is CSNC(=O)c1cc(Cl)c(OCC2CCCN2c2ccc(C(F)(F)F)c(F)c2)cc1F. The number of alkyl halides is 3. The maximum absolute atomic E-state index is 14.3. The van der Waals surface area contributed by atoms with Crippen LogP contribution in [0.4, 0.5) is 27.6 Å². The summed E-state index contributed by atoms with van der Waals surface area (Å²) in [6.07, 6.45) is -1.77. The molecule has 1 saturated heterocycles. The average molecular weight is 481 g/mol. The molecule has 1 fully saturated rings. The number of benzene rings is 2. The fraction of sp³-hybridized carbons (Fsp3) is 0.350. The molecule has 1 amide bonds. The van der Waals surface area contributed by atoms with Crippen molar-refractivity contribution in [3.63, 3.8) is 0 Å². The van der Waals surface area contributed by atoms with Gasteiger partial charge in [0.25, 0.3) is 5.91 Å². The van der Waals surface area contributed by atoms with E-state index in [2.05, 4.69) is 4.72 Å². The van der Waals surface area contributed by atoms with Crippen molar-refractivity contribution in [2.45, 2.75) is 25.1 Å². The van der Waals surface area contributed by atoms with E-state index in [1.807, 2.05) is 0 Å². The molecule has 1 aliphatic rings. The summed E-state index contributed by atoms with van der Waals surface area (Å²) in [6.45, 7) is 0.562. The van der Waals surface area contributed by atoms with Crippen molar-refractivity contribution in [3.8, 4) is 5.75 Å². The molecule has 1 aliphatic heterocycles. The Morgan fingerprint density at radius 2 is 2.00 bits per heavy atom. The molecule has 2 aromatic rings. The van der Waals surface area contributed by atoms with E-state index in [9.17, 15) is 26.7 Å². The Bertz CT molecular complexity index is 973. The fourth-order valence-corrected chi connectivity index (χ4v) is 3.92. The second kappa shape index (κ2) is 9.52. The lowest BCUT2D eigenvalue weighted by Gasteiger charge is -2.27. The standard InChI is InChI=1S/C20H18ClF5N2O2S/c1-31-27-19(29)13-8-15(21)18(9-16(13)22)30-10-12-3-2-6-28(12)11-4-5-14(17(23)7-11)20(24,25)26/h4-5,7-9,12H,2-3,6,10H2,1H3,(H,27,29). The molecule has 1 unspecified atom stereocenters. The van der Waals surface area contributed by atoms with Crippen molar-refractivity contribution in [1.29, 1.82) is 0 Å². The highest BCUT2D eigenvalue weighted by Crippen LogP contribution is 2.35. The van der Waals surface area contributed by atoms with Crippen LogP contribution >= 0.6 is 23.5 Å². The quantitative estimate of drug-likeness (QED) is 0.426. The van der Waals surface area contributed by atoms with Crippen LogP contribution in [0.15, 0.2) is 30.3 Å². The number of nitrogens with one attached hydrogen (secondary N) is 1. The Morgan fingerprint density at radius 1 is 1.26 bits per heavy atom. The number of nitrogens with zero attached hydrogens (tertiary/aromatic N) is 1. The van der Waals surface area contributed by atoms with Gasteiger partial charge in [-0.05, 0) is 37.1 Å². The van der Waals surface area contributed by atoms with Crippen molar-refractivity contribution in [3.05, 3.63) is 58.1 Å². The van der Waals surface area contributed by atoms with Crippen LogP contribution in [-0.4, -0.2) is 31.4 Å². The summed E-state index contributed by atoms with van der Waals surface area (Å²) in [5.41, 5.74) is -1.25. The van der Waals surface area contributed by atoms with E-state index in [4.69, 9.17) is 16.3 Å². The molecule has 1 N–H and O–H groups in total. The molecule has 0 aliphatic carbocycles. The number of amides is 1. The number of carbonyl (C=O) groups is 1. The van der Waals surface area contributed by atoms with Gasteiger partial charge in [0.05, 0.1) is 22.2 Å². The summed E-state index contributed by atoms with van der Waals surface area (Å²) < 4.78 is 74.6. The topological polar surface area (TPSA) is 41.6 Å². The van der Waals surface area contributed by atoms with Gasteiger partial charge < -0.3 is 9.64 Å². The van der Waals surface area contributed by atoms with Crippen LogP contribution in [0, 0.1) is 11.6 Å². The highest BCUT2D eigenvalue weighted by Gasteiger charge is 2.35. The summed E-state index contributed by atoms with van der Waals surface area (Å²) >= 11 is 7.13. The third-order valence-corrected chi connectivity index (χ3v) is 5.54. The molecular formula is C20H18ClF5N2O2S. The van der Waals surface area contributed by atoms with Gasteiger partial charge in [-0.1, -0.05) is 23.5 Å². The minimum absolute atomic E-state index is 0.0327. The minimum Gasteiger partial charge on any atom is -0.490 e. The van der Waals surface area contributed by atoms with Crippen LogP contribution in [0.1, 0.15) is 28.8 Å². The zero-order chi connectivity index (χ0) is 22.8. The summed E-state index contributed by atoms with van der Waals surface area (Å²) in [5.74, 6) is -2.75. The van der Waals surface area contributed by atoms with Crippen LogP contribution in [0.3, 0.4) is 0 Å². The molecule has 31 heavy (non-hydrogen) atoms. The number of hydrogen-bond acceptors (Lipinski definition) is 4. The minimum atomic E-state index is -4.77. The number of carbonyl (C=O) groups excluding carboxylic acids is 1. The molecule has 3 rings (SSSR count). The number of ether oxygens (including phenoxy) is 1. The largest absolute Gasteiger partial charge is 0.490 e. The third kappa shape index (κ3) is 5.35. The highest BCUT2D eigenvalue weighted by molar-refractivity contribution is 7.97. The first-order valence-electron chi connectivity index (χ1n) is 9.20. The molecule has 0 saturated carbocycles. The average Bonchev–Trinajstić information content (AvgIpc) is 3.16. The Balaban J connectivity index is 1.73. The summed E-state index contributed by atoms with van der Waals surface area (Å²) in [7, 11) is 0. The number of anilines is 1. The van der Waals surface area contributed by atoms with E-state index in [-0.39, 0.29) is 29.0 Å². The summed E-state index contributed by atoms with van der Waals surface area (Å²) in [5, 5.41) is 0.0396.